The lowest BCUT2D eigenvalue weighted by atomic mass is 9.88. The fourth-order valence-electron chi connectivity index (χ4n) is 1.84. The lowest BCUT2D eigenvalue weighted by Crippen LogP contribution is -2.40. The Morgan fingerprint density at radius 1 is 1.54 bits per heavy atom. The molecule has 0 unspecified atom stereocenters. The van der Waals surface area contributed by atoms with E-state index in [0.717, 1.165) is 25.7 Å². The maximum Gasteiger partial charge on any atom is 0.226 e. The summed E-state index contributed by atoms with van der Waals surface area (Å²) in [7, 11) is 0. The number of carbonyl (C=O) groups excluding carboxylic acids is 1. The Kier molecular flexibility index (Phi) is 3.31. The van der Waals surface area contributed by atoms with Crippen LogP contribution in [0.15, 0.2) is 0 Å². The summed E-state index contributed by atoms with van der Waals surface area (Å²) in [4.78, 5) is 11.6. The SMILES string of the molecule is C[C@H](O)CNC(=O)C1(C)CCCC1. The van der Waals surface area contributed by atoms with Crippen molar-refractivity contribution in [3.8, 4) is 0 Å². The van der Waals surface area contributed by atoms with Crippen LogP contribution >= 0.6 is 0 Å². The topological polar surface area (TPSA) is 49.3 Å². The summed E-state index contributed by atoms with van der Waals surface area (Å²) < 4.78 is 0. The van der Waals surface area contributed by atoms with Gasteiger partial charge in [-0.15, -0.1) is 0 Å². The third-order valence-corrected chi connectivity index (χ3v) is 2.81. The first-order valence-corrected chi connectivity index (χ1v) is 5.01. The number of rotatable bonds is 3. The largest absolute Gasteiger partial charge is 0.392 e. The summed E-state index contributed by atoms with van der Waals surface area (Å²) in [6.07, 6.45) is 3.82. The molecule has 3 heteroatoms. The van der Waals surface area contributed by atoms with Gasteiger partial charge in [-0.1, -0.05) is 19.8 Å². The van der Waals surface area contributed by atoms with Crippen molar-refractivity contribution in [1.29, 1.82) is 0 Å². The molecule has 0 spiro atoms. The molecular weight excluding hydrogens is 166 g/mol. The first-order valence-electron chi connectivity index (χ1n) is 5.01. The predicted molar refractivity (Wildman–Crippen MR) is 51.3 cm³/mol. The van der Waals surface area contributed by atoms with Crippen molar-refractivity contribution in [2.75, 3.05) is 6.54 Å². The van der Waals surface area contributed by atoms with Crippen LogP contribution in [0.2, 0.25) is 0 Å². The molecule has 0 aromatic carbocycles. The molecule has 1 fully saturated rings. The van der Waals surface area contributed by atoms with E-state index in [-0.39, 0.29) is 11.3 Å². The standard InChI is InChI=1S/C10H19NO2/c1-8(12)7-11-9(13)10(2)5-3-4-6-10/h8,12H,3-7H2,1-2H3,(H,11,13)/t8-/m0/s1. The summed E-state index contributed by atoms with van der Waals surface area (Å²) in [6.45, 7) is 4.06. The molecule has 0 bridgehead atoms. The molecule has 1 atom stereocenters. The normalized spacial score (nSPS) is 22.7. The number of amides is 1. The monoisotopic (exact) mass is 185 g/mol. The van der Waals surface area contributed by atoms with Crippen molar-refractivity contribution in [2.45, 2.75) is 45.6 Å². The molecule has 1 rings (SSSR count). The first-order chi connectivity index (χ1) is 6.04. The van der Waals surface area contributed by atoms with E-state index in [9.17, 15) is 4.79 Å². The predicted octanol–water partition coefficient (Wildman–Crippen LogP) is 1.06. The first kappa shape index (κ1) is 10.5. The minimum Gasteiger partial charge on any atom is -0.392 e. The lowest BCUT2D eigenvalue weighted by Gasteiger charge is -2.22. The van der Waals surface area contributed by atoms with Crippen molar-refractivity contribution in [3.05, 3.63) is 0 Å². The van der Waals surface area contributed by atoms with Crippen LogP contribution in [-0.2, 0) is 4.79 Å². The second-order valence-electron chi connectivity index (χ2n) is 4.33. The zero-order chi connectivity index (χ0) is 9.90. The van der Waals surface area contributed by atoms with Gasteiger partial charge in [0, 0.05) is 12.0 Å². The Bertz CT molecular complexity index is 183. The van der Waals surface area contributed by atoms with Gasteiger partial charge in [-0.3, -0.25) is 4.79 Å². The van der Waals surface area contributed by atoms with Crippen LogP contribution in [0.1, 0.15) is 39.5 Å². The van der Waals surface area contributed by atoms with E-state index in [0.29, 0.717) is 6.54 Å². The number of carbonyl (C=O) groups is 1. The molecule has 0 aromatic heterocycles. The van der Waals surface area contributed by atoms with Crippen LogP contribution in [0.5, 0.6) is 0 Å². The minimum absolute atomic E-state index is 0.103. The highest BCUT2D eigenvalue weighted by molar-refractivity contribution is 5.82. The van der Waals surface area contributed by atoms with E-state index >= 15 is 0 Å². The molecule has 3 nitrogen and oxygen atoms in total. The Hall–Kier alpha value is -0.570. The molecule has 1 saturated carbocycles. The number of aliphatic hydroxyl groups is 1. The summed E-state index contributed by atoms with van der Waals surface area (Å²) >= 11 is 0. The van der Waals surface area contributed by atoms with Gasteiger partial charge in [0.25, 0.3) is 0 Å². The molecule has 0 saturated heterocycles. The van der Waals surface area contributed by atoms with E-state index in [1.807, 2.05) is 6.92 Å². The smallest absolute Gasteiger partial charge is 0.226 e. The molecule has 0 heterocycles. The summed E-state index contributed by atoms with van der Waals surface area (Å²) in [5, 5.41) is 11.8. The quantitative estimate of drug-likeness (QED) is 0.691. The zero-order valence-electron chi connectivity index (χ0n) is 8.47. The number of hydrogen-bond acceptors (Lipinski definition) is 2. The number of nitrogens with one attached hydrogen (secondary N) is 1. The van der Waals surface area contributed by atoms with E-state index in [1.54, 1.807) is 6.92 Å². The van der Waals surface area contributed by atoms with E-state index in [4.69, 9.17) is 5.11 Å². The van der Waals surface area contributed by atoms with Gasteiger partial charge in [0.2, 0.25) is 5.91 Å². The molecule has 1 aliphatic carbocycles. The van der Waals surface area contributed by atoms with Crippen LogP contribution in [-0.4, -0.2) is 23.7 Å². The van der Waals surface area contributed by atoms with Crippen molar-refractivity contribution < 1.29 is 9.90 Å². The molecule has 2 N–H and O–H groups in total. The second kappa shape index (κ2) is 4.09. The molecular formula is C10H19NO2. The molecule has 13 heavy (non-hydrogen) atoms. The third kappa shape index (κ3) is 2.69. The minimum atomic E-state index is -0.450. The van der Waals surface area contributed by atoms with Gasteiger partial charge in [-0.25, -0.2) is 0 Å². The van der Waals surface area contributed by atoms with Gasteiger partial charge in [-0.05, 0) is 19.8 Å². The highest BCUT2D eigenvalue weighted by Gasteiger charge is 2.35. The third-order valence-electron chi connectivity index (χ3n) is 2.81. The van der Waals surface area contributed by atoms with Gasteiger partial charge in [0.1, 0.15) is 0 Å². The van der Waals surface area contributed by atoms with E-state index in [1.165, 1.54) is 0 Å². The van der Waals surface area contributed by atoms with Crippen LogP contribution in [0.4, 0.5) is 0 Å². The van der Waals surface area contributed by atoms with Crippen LogP contribution < -0.4 is 5.32 Å². The summed E-state index contributed by atoms with van der Waals surface area (Å²) in [6, 6.07) is 0. The van der Waals surface area contributed by atoms with Gasteiger partial charge in [0.05, 0.1) is 6.10 Å². The van der Waals surface area contributed by atoms with Gasteiger partial charge < -0.3 is 10.4 Å². The van der Waals surface area contributed by atoms with Crippen molar-refractivity contribution >= 4 is 5.91 Å². The number of aliphatic hydroxyl groups excluding tert-OH is 1. The highest BCUT2D eigenvalue weighted by Crippen LogP contribution is 2.37. The maximum atomic E-state index is 11.6. The van der Waals surface area contributed by atoms with Crippen LogP contribution in [0.3, 0.4) is 0 Å². The van der Waals surface area contributed by atoms with Crippen LogP contribution in [0, 0.1) is 5.41 Å². The average molecular weight is 185 g/mol. The zero-order valence-corrected chi connectivity index (χ0v) is 8.47. The average Bonchev–Trinajstić information content (AvgIpc) is 2.49. The fraction of sp³-hybridized carbons (Fsp3) is 0.900. The molecule has 1 amide bonds. The van der Waals surface area contributed by atoms with Crippen molar-refractivity contribution in [3.63, 3.8) is 0 Å². The number of hydrogen-bond donors (Lipinski definition) is 2. The summed E-state index contributed by atoms with van der Waals surface area (Å²) in [5.74, 6) is 0.103. The maximum absolute atomic E-state index is 11.6. The van der Waals surface area contributed by atoms with Gasteiger partial charge >= 0.3 is 0 Å². The molecule has 1 aliphatic rings. The fourth-order valence-corrected chi connectivity index (χ4v) is 1.84. The van der Waals surface area contributed by atoms with E-state index in [2.05, 4.69) is 5.32 Å². The summed E-state index contributed by atoms with van der Waals surface area (Å²) in [5.41, 5.74) is -0.172. The van der Waals surface area contributed by atoms with Crippen LogP contribution in [0.25, 0.3) is 0 Å². The Morgan fingerprint density at radius 2 is 2.08 bits per heavy atom. The highest BCUT2D eigenvalue weighted by atomic mass is 16.3. The lowest BCUT2D eigenvalue weighted by molar-refractivity contribution is -0.130. The van der Waals surface area contributed by atoms with Gasteiger partial charge in [-0.2, -0.15) is 0 Å². The molecule has 0 aromatic rings. The van der Waals surface area contributed by atoms with E-state index < -0.39 is 6.10 Å². The van der Waals surface area contributed by atoms with Crippen molar-refractivity contribution in [2.24, 2.45) is 5.41 Å². The molecule has 76 valence electrons. The van der Waals surface area contributed by atoms with Crippen molar-refractivity contribution in [1.82, 2.24) is 5.32 Å². The molecule has 0 aliphatic heterocycles. The van der Waals surface area contributed by atoms with Gasteiger partial charge in [0.15, 0.2) is 0 Å². The Balaban J connectivity index is 2.38. The molecule has 0 radical (unpaired) electrons. The second-order valence-corrected chi connectivity index (χ2v) is 4.33. The Morgan fingerprint density at radius 3 is 2.54 bits per heavy atom. The Labute approximate surface area is 79.5 Å².